The van der Waals surface area contributed by atoms with Crippen LogP contribution in [-0.2, 0) is 12.4 Å². The van der Waals surface area contributed by atoms with Crippen molar-refractivity contribution in [3.63, 3.8) is 0 Å². The van der Waals surface area contributed by atoms with E-state index in [-0.39, 0.29) is 44.8 Å². The molecule has 0 unspecified atom stereocenters. The van der Waals surface area contributed by atoms with Crippen molar-refractivity contribution in [1.82, 2.24) is 0 Å². The van der Waals surface area contributed by atoms with Gasteiger partial charge in [0.15, 0.2) is 11.4 Å². The summed E-state index contributed by atoms with van der Waals surface area (Å²) in [5.41, 5.74) is -11.8. The molecule has 8 nitrogen and oxygen atoms in total. The molecule has 302 valence electrons. The lowest BCUT2D eigenvalue weighted by molar-refractivity contribution is -0.138. The first-order chi connectivity index (χ1) is 30.5. The van der Waals surface area contributed by atoms with Gasteiger partial charge in [-0.1, -0.05) is 42.5 Å². The standard InChI is InChI=1S/C48H14F8N8/c1-61-31-16-27(17-32(18-31)62-2)33(21-59)38-40-35(25-5-9-29(10-6-25)47(51,52)53)37-34(22-60)43(49)42(45(63-3)28-14-23(19-57)13-24(15-28)20-58)39(37)36(41(40)46(64-4)44(38)50)26-7-11-30(12-8-26)48(54,55)56/h5-18H/b38-33-,45-42+. The fraction of sp³-hybridized carbons (Fsp3) is 0.0417. The highest BCUT2D eigenvalue weighted by atomic mass is 19.4. The largest absolute Gasteiger partial charge is 0.416 e. The first kappa shape index (κ1) is 42.5. The minimum Gasteiger partial charge on any atom is -0.239 e. The second-order valence-corrected chi connectivity index (χ2v) is 13.7. The van der Waals surface area contributed by atoms with Crippen molar-refractivity contribution in [1.29, 1.82) is 21.0 Å². The second kappa shape index (κ2) is 15.8. The maximum atomic E-state index is 17.5. The summed E-state index contributed by atoms with van der Waals surface area (Å²) in [6.07, 6.45) is -9.81. The lowest BCUT2D eigenvalue weighted by Gasteiger charge is -2.24. The molecule has 0 radical (unpaired) electrons. The Hall–Kier alpha value is -9.58. The molecule has 16 heteroatoms. The van der Waals surface area contributed by atoms with E-state index in [2.05, 4.69) is 19.4 Å². The molecular formula is C48H14F8N8. The molecule has 0 saturated carbocycles. The predicted molar refractivity (Wildman–Crippen MR) is 216 cm³/mol. The molecule has 0 spiro atoms. The molecular weight excluding hydrogens is 841 g/mol. The summed E-state index contributed by atoms with van der Waals surface area (Å²) in [4.78, 5) is 13.5. The van der Waals surface area contributed by atoms with Gasteiger partial charge in [-0.3, -0.25) is 0 Å². The van der Waals surface area contributed by atoms with Crippen molar-refractivity contribution in [2.45, 2.75) is 12.4 Å². The second-order valence-electron chi connectivity index (χ2n) is 13.7. The molecule has 0 amide bonds. The van der Waals surface area contributed by atoms with Gasteiger partial charge in [-0.15, -0.1) is 0 Å². The van der Waals surface area contributed by atoms with Crippen LogP contribution in [0.1, 0.15) is 55.6 Å². The van der Waals surface area contributed by atoms with Crippen LogP contribution in [0.15, 0.2) is 96.6 Å². The Morgan fingerprint density at radius 1 is 0.500 bits per heavy atom. The summed E-state index contributed by atoms with van der Waals surface area (Å²) in [6, 6.07) is 19.9. The number of hydrogen-bond acceptors (Lipinski definition) is 4. The van der Waals surface area contributed by atoms with E-state index in [1.165, 1.54) is 0 Å². The van der Waals surface area contributed by atoms with Crippen LogP contribution in [0.3, 0.4) is 0 Å². The molecule has 0 saturated heterocycles. The SMILES string of the molecule is [C-]#[N+]C1=C(F)/C(=C(/C#N)c2cc([N+]#[C-])cc([N+]#[C-])c2)c2c1c(-c1ccc(C(F)(F)F)cc1)c1c(c2-c2ccc(C(F)(F)F)cc2)C(C#N)=C(F)/C1=C(/[N+]#[C-])c1cc(C#N)cc(C#N)c1. The average Bonchev–Trinajstić information content (AvgIpc) is 3.73. The molecule has 0 fully saturated rings. The van der Waals surface area contributed by atoms with E-state index in [0.29, 0.717) is 24.3 Å². The van der Waals surface area contributed by atoms with Gasteiger partial charge in [-0.2, -0.15) is 47.4 Å². The number of allylic oxidation sites excluding steroid dienone is 6. The van der Waals surface area contributed by atoms with E-state index in [4.69, 9.17) is 26.3 Å². The van der Waals surface area contributed by atoms with Gasteiger partial charge in [0, 0.05) is 22.3 Å². The van der Waals surface area contributed by atoms with Crippen LogP contribution >= 0.6 is 0 Å². The molecule has 0 bridgehead atoms. The minimum absolute atomic E-state index is 0.177. The Balaban J connectivity index is 1.82. The van der Waals surface area contributed by atoms with Gasteiger partial charge < -0.3 is 0 Å². The highest BCUT2D eigenvalue weighted by Gasteiger charge is 2.44. The molecule has 5 aromatic carbocycles. The number of nitrogens with zero attached hydrogens (tertiary/aromatic N) is 8. The van der Waals surface area contributed by atoms with Crippen molar-refractivity contribution in [2.24, 2.45) is 0 Å². The van der Waals surface area contributed by atoms with Crippen LogP contribution in [0, 0.1) is 71.6 Å². The van der Waals surface area contributed by atoms with E-state index in [1.807, 2.05) is 18.2 Å². The first-order valence-electron chi connectivity index (χ1n) is 17.8. The van der Waals surface area contributed by atoms with Gasteiger partial charge in [-0.05, 0) is 87.0 Å². The molecule has 0 aromatic heterocycles. The lowest BCUT2D eigenvalue weighted by atomic mass is 9.78. The van der Waals surface area contributed by atoms with Crippen LogP contribution in [0.5, 0.6) is 0 Å². The minimum atomic E-state index is -4.90. The van der Waals surface area contributed by atoms with Crippen molar-refractivity contribution in [2.75, 3.05) is 0 Å². The van der Waals surface area contributed by atoms with Gasteiger partial charge in [0.2, 0.25) is 11.4 Å². The maximum Gasteiger partial charge on any atom is 0.416 e. The van der Waals surface area contributed by atoms with Crippen molar-refractivity contribution < 1.29 is 35.1 Å². The van der Waals surface area contributed by atoms with E-state index < -0.39 is 102 Å². The maximum absolute atomic E-state index is 17.5. The zero-order chi connectivity index (χ0) is 46.4. The average molecular weight is 855 g/mol. The predicted octanol–water partition coefficient (Wildman–Crippen LogP) is 13.9. The van der Waals surface area contributed by atoms with Crippen molar-refractivity contribution >= 4 is 45.1 Å². The number of fused-ring (bicyclic) bond motifs is 2. The van der Waals surface area contributed by atoms with Crippen LogP contribution in [-0.4, -0.2) is 0 Å². The Labute approximate surface area is 357 Å². The summed E-state index contributed by atoms with van der Waals surface area (Å²) in [7, 11) is 0. The van der Waals surface area contributed by atoms with Gasteiger partial charge in [0.1, 0.15) is 23.8 Å². The van der Waals surface area contributed by atoms with Gasteiger partial charge in [0.05, 0.1) is 71.8 Å². The molecule has 0 atom stereocenters. The highest BCUT2D eigenvalue weighted by molar-refractivity contribution is 6.24. The Morgan fingerprint density at radius 3 is 1.39 bits per heavy atom. The quantitative estimate of drug-likeness (QED) is 0.102. The normalized spacial score (nSPS) is 14.4. The van der Waals surface area contributed by atoms with E-state index in [0.717, 1.165) is 60.7 Å². The summed E-state index contributed by atoms with van der Waals surface area (Å²) < 4.78 is 119. The highest BCUT2D eigenvalue weighted by Crippen LogP contribution is 2.61. The van der Waals surface area contributed by atoms with E-state index in [1.54, 1.807) is 6.07 Å². The molecule has 0 heterocycles. The Kier molecular flexibility index (Phi) is 10.5. The third-order valence-corrected chi connectivity index (χ3v) is 10.2. The summed E-state index contributed by atoms with van der Waals surface area (Å²) in [5.74, 6) is -2.91. The zero-order valence-electron chi connectivity index (χ0n) is 31.7. The third-order valence-electron chi connectivity index (χ3n) is 10.2. The van der Waals surface area contributed by atoms with Gasteiger partial charge in [0.25, 0.3) is 0 Å². The number of halogens is 8. The van der Waals surface area contributed by atoms with Crippen LogP contribution in [0.25, 0.3) is 75.3 Å². The van der Waals surface area contributed by atoms with Gasteiger partial charge in [-0.25, -0.2) is 28.2 Å². The van der Waals surface area contributed by atoms with Crippen molar-refractivity contribution in [3.05, 3.63) is 198 Å². The number of alkyl halides is 6. The fourth-order valence-electron chi connectivity index (χ4n) is 7.61. The zero-order valence-corrected chi connectivity index (χ0v) is 31.7. The molecule has 5 aromatic rings. The Bertz CT molecular complexity index is 3140. The Morgan fingerprint density at radius 2 is 0.984 bits per heavy atom. The molecule has 2 aliphatic rings. The number of nitriles is 4. The monoisotopic (exact) mass is 854 g/mol. The summed E-state index contributed by atoms with van der Waals surface area (Å²) in [6.45, 7) is 31.7. The topological polar surface area (TPSA) is 113 Å². The number of benzene rings is 5. The molecule has 64 heavy (non-hydrogen) atoms. The van der Waals surface area contributed by atoms with Crippen molar-refractivity contribution in [3.8, 4) is 46.5 Å². The van der Waals surface area contributed by atoms with Crippen LogP contribution in [0.2, 0.25) is 0 Å². The first-order valence-corrected chi connectivity index (χ1v) is 17.8. The van der Waals surface area contributed by atoms with Crippen LogP contribution < -0.4 is 0 Å². The lowest BCUT2D eigenvalue weighted by Crippen LogP contribution is -2.07. The molecule has 0 N–H and O–H groups in total. The fourth-order valence-corrected chi connectivity index (χ4v) is 7.61. The van der Waals surface area contributed by atoms with E-state index in [9.17, 15) is 47.4 Å². The number of rotatable bonds is 4. The smallest absolute Gasteiger partial charge is 0.239 e. The molecule has 0 aliphatic heterocycles. The summed E-state index contributed by atoms with van der Waals surface area (Å²) >= 11 is 0. The van der Waals surface area contributed by atoms with Crippen LogP contribution in [0.4, 0.5) is 46.5 Å². The molecule has 2 aliphatic carbocycles. The number of hydrogen-bond donors (Lipinski definition) is 0. The summed E-state index contributed by atoms with van der Waals surface area (Å²) in [5, 5.41) is 41.0. The van der Waals surface area contributed by atoms with E-state index >= 15 is 8.78 Å². The third kappa shape index (κ3) is 6.83. The van der Waals surface area contributed by atoms with Gasteiger partial charge >= 0.3 is 12.4 Å². The molecule has 7 rings (SSSR count).